The van der Waals surface area contributed by atoms with Crippen molar-refractivity contribution in [2.75, 3.05) is 20.6 Å². The molecule has 0 aromatic heterocycles. The second-order valence-corrected chi connectivity index (χ2v) is 3.98. The highest BCUT2D eigenvalue weighted by Gasteiger charge is 2.41. The number of nitrogens with one attached hydrogen (secondary N) is 1. The van der Waals surface area contributed by atoms with E-state index in [1.165, 1.54) is 0 Å². The van der Waals surface area contributed by atoms with Crippen molar-refractivity contribution in [2.45, 2.75) is 31.1 Å². The van der Waals surface area contributed by atoms with Gasteiger partial charge in [0.05, 0.1) is 6.10 Å². The monoisotopic (exact) mass is 184 g/mol. The SMILES string of the molecule is CN(C)C(=O)[C@@H]1C[C@H]2NCC[C@H]2O1. The standard InChI is InChI=1S/C9H16N2O2/c1-11(2)9(12)8-5-6-7(13-8)3-4-10-6/h6-8,10H,3-5H2,1-2H3/t6-,7-,8+/m1/s1. The zero-order chi connectivity index (χ0) is 9.42. The van der Waals surface area contributed by atoms with Crippen molar-refractivity contribution >= 4 is 5.91 Å². The first-order valence-electron chi connectivity index (χ1n) is 4.78. The van der Waals surface area contributed by atoms with Crippen LogP contribution in [-0.2, 0) is 9.53 Å². The van der Waals surface area contributed by atoms with Crippen molar-refractivity contribution in [2.24, 2.45) is 0 Å². The van der Waals surface area contributed by atoms with Gasteiger partial charge in [-0.15, -0.1) is 0 Å². The molecule has 13 heavy (non-hydrogen) atoms. The maximum atomic E-state index is 11.5. The van der Waals surface area contributed by atoms with E-state index < -0.39 is 0 Å². The van der Waals surface area contributed by atoms with Gasteiger partial charge in [0.2, 0.25) is 0 Å². The average molecular weight is 184 g/mol. The summed E-state index contributed by atoms with van der Waals surface area (Å²) >= 11 is 0. The Labute approximate surface area is 78.2 Å². The Hall–Kier alpha value is -0.610. The molecule has 0 unspecified atom stereocenters. The Morgan fingerprint density at radius 1 is 1.54 bits per heavy atom. The summed E-state index contributed by atoms with van der Waals surface area (Å²) in [5, 5.41) is 3.35. The number of rotatable bonds is 1. The molecule has 2 saturated heterocycles. The second-order valence-electron chi connectivity index (χ2n) is 3.98. The molecule has 1 N–H and O–H groups in total. The molecule has 0 aromatic carbocycles. The number of carbonyl (C=O) groups excluding carboxylic acids is 1. The van der Waals surface area contributed by atoms with Gasteiger partial charge < -0.3 is 15.0 Å². The van der Waals surface area contributed by atoms with E-state index in [9.17, 15) is 4.79 Å². The maximum Gasteiger partial charge on any atom is 0.251 e. The number of hydrogen-bond acceptors (Lipinski definition) is 3. The van der Waals surface area contributed by atoms with Gasteiger partial charge in [-0.1, -0.05) is 0 Å². The predicted octanol–water partition coefficient (Wildman–Crippen LogP) is -0.406. The summed E-state index contributed by atoms with van der Waals surface area (Å²) in [6.45, 7) is 1.03. The van der Waals surface area contributed by atoms with Gasteiger partial charge in [-0.05, 0) is 13.0 Å². The van der Waals surface area contributed by atoms with Crippen LogP contribution in [0.1, 0.15) is 12.8 Å². The Kier molecular flexibility index (Phi) is 2.26. The Balaban J connectivity index is 1.95. The second kappa shape index (κ2) is 3.27. The van der Waals surface area contributed by atoms with Gasteiger partial charge in [-0.2, -0.15) is 0 Å². The summed E-state index contributed by atoms with van der Waals surface area (Å²) in [6.07, 6.45) is 1.94. The van der Waals surface area contributed by atoms with Crippen LogP contribution in [0.3, 0.4) is 0 Å². The number of carbonyl (C=O) groups is 1. The fourth-order valence-electron chi connectivity index (χ4n) is 2.09. The van der Waals surface area contributed by atoms with E-state index in [2.05, 4.69) is 5.32 Å². The number of fused-ring (bicyclic) bond motifs is 1. The normalized spacial score (nSPS) is 37.5. The van der Waals surface area contributed by atoms with Crippen molar-refractivity contribution in [3.63, 3.8) is 0 Å². The Bertz CT molecular complexity index is 206. The Morgan fingerprint density at radius 2 is 2.31 bits per heavy atom. The van der Waals surface area contributed by atoms with E-state index >= 15 is 0 Å². The van der Waals surface area contributed by atoms with Gasteiger partial charge in [-0.3, -0.25) is 4.79 Å². The minimum atomic E-state index is -0.210. The fraction of sp³-hybridized carbons (Fsp3) is 0.889. The molecule has 0 radical (unpaired) electrons. The molecular weight excluding hydrogens is 168 g/mol. The largest absolute Gasteiger partial charge is 0.363 e. The average Bonchev–Trinajstić information content (AvgIpc) is 2.59. The van der Waals surface area contributed by atoms with E-state index in [1.807, 2.05) is 0 Å². The molecule has 2 heterocycles. The lowest BCUT2D eigenvalue weighted by molar-refractivity contribution is -0.140. The van der Waals surface area contributed by atoms with Crippen LogP contribution in [0.4, 0.5) is 0 Å². The summed E-state index contributed by atoms with van der Waals surface area (Å²) in [4.78, 5) is 13.2. The molecule has 2 rings (SSSR count). The molecule has 3 atom stereocenters. The summed E-state index contributed by atoms with van der Waals surface area (Å²) < 4.78 is 5.65. The summed E-state index contributed by atoms with van der Waals surface area (Å²) in [5.41, 5.74) is 0. The van der Waals surface area contributed by atoms with Gasteiger partial charge in [0.1, 0.15) is 6.10 Å². The van der Waals surface area contributed by atoms with E-state index in [1.54, 1.807) is 19.0 Å². The zero-order valence-corrected chi connectivity index (χ0v) is 8.12. The van der Waals surface area contributed by atoms with Crippen molar-refractivity contribution in [3.8, 4) is 0 Å². The van der Waals surface area contributed by atoms with Crippen LogP contribution < -0.4 is 5.32 Å². The molecule has 0 spiro atoms. The lowest BCUT2D eigenvalue weighted by atomic mass is 10.1. The molecule has 0 saturated carbocycles. The van der Waals surface area contributed by atoms with Crippen molar-refractivity contribution in [1.82, 2.24) is 10.2 Å². The first-order valence-corrected chi connectivity index (χ1v) is 4.78. The molecule has 0 bridgehead atoms. The van der Waals surface area contributed by atoms with Gasteiger partial charge in [0.15, 0.2) is 0 Å². The summed E-state index contributed by atoms with van der Waals surface area (Å²) in [5.74, 6) is 0.0937. The fourth-order valence-corrected chi connectivity index (χ4v) is 2.09. The summed E-state index contributed by atoms with van der Waals surface area (Å²) in [7, 11) is 3.54. The number of amides is 1. The van der Waals surface area contributed by atoms with Crippen LogP contribution in [0.25, 0.3) is 0 Å². The lowest BCUT2D eigenvalue weighted by Crippen LogP contribution is -2.34. The van der Waals surface area contributed by atoms with Gasteiger partial charge in [0, 0.05) is 26.6 Å². The smallest absolute Gasteiger partial charge is 0.251 e. The first kappa shape index (κ1) is 8.97. The molecule has 2 aliphatic rings. The van der Waals surface area contributed by atoms with Gasteiger partial charge in [-0.25, -0.2) is 0 Å². The third kappa shape index (κ3) is 1.56. The molecular formula is C9H16N2O2. The third-order valence-electron chi connectivity index (χ3n) is 2.81. The van der Waals surface area contributed by atoms with Crippen LogP contribution >= 0.6 is 0 Å². The Morgan fingerprint density at radius 3 is 2.92 bits per heavy atom. The molecule has 0 aliphatic carbocycles. The van der Waals surface area contributed by atoms with Gasteiger partial charge >= 0.3 is 0 Å². The lowest BCUT2D eigenvalue weighted by Gasteiger charge is -2.16. The predicted molar refractivity (Wildman–Crippen MR) is 48.4 cm³/mol. The van der Waals surface area contributed by atoms with Crippen molar-refractivity contribution < 1.29 is 9.53 Å². The molecule has 2 fully saturated rings. The molecule has 0 aromatic rings. The maximum absolute atomic E-state index is 11.5. The number of nitrogens with zero attached hydrogens (tertiary/aromatic N) is 1. The van der Waals surface area contributed by atoms with Crippen LogP contribution in [-0.4, -0.2) is 49.7 Å². The molecule has 74 valence electrons. The van der Waals surface area contributed by atoms with Crippen LogP contribution in [0, 0.1) is 0 Å². The van der Waals surface area contributed by atoms with Crippen LogP contribution in [0.15, 0.2) is 0 Å². The van der Waals surface area contributed by atoms with Crippen molar-refractivity contribution in [3.05, 3.63) is 0 Å². The van der Waals surface area contributed by atoms with Gasteiger partial charge in [0.25, 0.3) is 5.91 Å². The topological polar surface area (TPSA) is 41.6 Å². The van der Waals surface area contributed by atoms with Crippen LogP contribution in [0.5, 0.6) is 0 Å². The number of hydrogen-bond donors (Lipinski definition) is 1. The van der Waals surface area contributed by atoms with E-state index in [-0.39, 0.29) is 18.1 Å². The van der Waals surface area contributed by atoms with Crippen molar-refractivity contribution in [1.29, 1.82) is 0 Å². The molecule has 2 aliphatic heterocycles. The highest BCUT2D eigenvalue weighted by molar-refractivity contribution is 5.80. The first-order chi connectivity index (χ1) is 6.18. The van der Waals surface area contributed by atoms with E-state index in [4.69, 9.17) is 4.74 Å². The third-order valence-corrected chi connectivity index (χ3v) is 2.81. The molecule has 4 nitrogen and oxygen atoms in total. The quantitative estimate of drug-likeness (QED) is 0.602. The number of likely N-dealkylation sites (N-methyl/N-ethyl adjacent to an activating group) is 1. The minimum Gasteiger partial charge on any atom is -0.363 e. The van der Waals surface area contributed by atoms with Crippen LogP contribution in [0.2, 0.25) is 0 Å². The molecule has 1 amide bonds. The minimum absolute atomic E-state index is 0.0937. The highest BCUT2D eigenvalue weighted by Crippen LogP contribution is 2.27. The highest BCUT2D eigenvalue weighted by atomic mass is 16.5. The summed E-state index contributed by atoms with van der Waals surface area (Å²) in [6, 6.07) is 0.411. The molecule has 4 heteroatoms. The zero-order valence-electron chi connectivity index (χ0n) is 8.12. The van der Waals surface area contributed by atoms with E-state index in [0.717, 1.165) is 19.4 Å². The number of ether oxygens (including phenoxy) is 1. The van der Waals surface area contributed by atoms with E-state index in [0.29, 0.717) is 6.04 Å².